The standard InChI is InChI=1S/C14H24N2O2/c1-2-3-12(6-8-15)4-5-14(17)16-10-13-7-9-18-11-13/h7,9,11-12H,2-6,8,10,15H2,1H3,(H,16,17). The number of rotatable bonds is 9. The van der Waals surface area contributed by atoms with Crippen LogP contribution in [0.4, 0.5) is 0 Å². The maximum absolute atomic E-state index is 11.7. The third-order valence-electron chi connectivity index (χ3n) is 3.12. The van der Waals surface area contributed by atoms with E-state index >= 15 is 0 Å². The van der Waals surface area contributed by atoms with Crippen molar-refractivity contribution < 1.29 is 9.21 Å². The SMILES string of the molecule is CCCC(CCN)CCC(=O)NCc1ccoc1. The maximum Gasteiger partial charge on any atom is 0.220 e. The van der Waals surface area contributed by atoms with Crippen LogP contribution in [0.2, 0.25) is 0 Å². The number of hydrogen-bond acceptors (Lipinski definition) is 3. The van der Waals surface area contributed by atoms with E-state index in [1.54, 1.807) is 12.5 Å². The fourth-order valence-corrected chi connectivity index (χ4v) is 2.09. The minimum Gasteiger partial charge on any atom is -0.472 e. The quantitative estimate of drug-likeness (QED) is 0.709. The largest absolute Gasteiger partial charge is 0.472 e. The maximum atomic E-state index is 11.7. The Morgan fingerprint density at radius 3 is 2.89 bits per heavy atom. The normalized spacial score (nSPS) is 12.3. The molecule has 1 rings (SSSR count). The molecule has 0 aliphatic carbocycles. The first-order valence-corrected chi connectivity index (χ1v) is 6.74. The molecule has 4 heteroatoms. The molecule has 0 aromatic carbocycles. The monoisotopic (exact) mass is 252 g/mol. The van der Waals surface area contributed by atoms with Crippen LogP contribution in [0.3, 0.4) is 0 Å². The summed E-state index contributed by atoms with van der Waals surface area (Å²) < 4.78 is 4.94. The van der Waals surface area contributed by atoms with E-state index in [9.17, 15) is 4.79 Å². The van der Waals surface area contributed by atoms with Crippen LogP contribution in [0.25, 0.3) is 0 Å². The third-order valence-corrected chi connectivity index (χ3v) is 3.12. The Bertz CT molecular complexity index is 317. The molecule has 4 nitrogen and oxygen atoms in total. The minimum atomic E-state index is 0.106. The van der Waals surface area contributed by atoms with Crippen molar-refractivity contribution in [3.63, 3.8) is 0 Å². The molecule has 0 radical (unpaired) electrons. The highest BCUT2D eigenvalue weighted by Gasteiger charge is 2.10. The first-order valence-electron chi connectivity index (χ1n) is 6.74. The van der Waals surface area contributed by atoms with Crippen LogP contribution in [-0.2, 0) is 11.3 Å². The second-order valence-corrected chi connectivity index (χ2v) is 4.68. The zero-order chi connectivity index (χ0) is 13.2. The van der Waals surface area contributed by atoms with Crippen LogP contribution in [0.5, 0.6) is 0 Å². The van der Waals surface area contributed by atoms with Gasteiger partial charge in [-0.05, 0) is 31.4 Å². The fraction of sp³-hybridized carbons (Fsp3) is 0.643. The Morgan fingerprint density at radius 2 is 2.28 bits per heavy atom. The van der Waals surface area contributed by atoms with Gasteiger partial charge in [0.2, 0.25) is 5.91 Å². The lowest BCUT2D eigenvalue weighted by molar-refractivity contribution is -0.121. The molecule has 0 saturated carbocycles. The summed E-state index contributed by atoms with van der Waals surface area (Å²) in [5, 5.41) is 2.89. The molecule has 1 heterocycles. The van der Waals surface area contributed by atoms with Gasteiger partial charge in [-0.15, -0.1) is 0 Å². The van der Waals surface area contributed by atoms with Crippen molar-refractivity contribution in [3.05, 3.63) is 24.2 Å². The summed E-state index contributed by atoms with van der Waals surface area (Å²) in [4.78, 5) is 11.7. The van der Waals surface area contributed by atoms with Gasteiger partial charge in [0, 0.05) is 18.5 Å². The highest BCUT2D eigenvalue weighted by atomic mass is 16.3. The van der Waals surface area contributed by atoms with E-state index in [1.165, 1.54) is 0 Å². The van der Waals surface area contributed by atoms with Gasteiger partial charge >= 0.3 is 0 Å². The molecule has 0 aliphatic heterocycles. The highest BCUT2D eigenvalue weighted by molar-refractivity contribution is 5.75. The van der Waals surface area contributed by atoms with Gasteiger partial charge in [-0.25, -0.2) is 0 Å². The van der Waals surface area contributed by atoms with E-state index in [4.69, 9.17) is 10.2 Å². The van der Waals surface area contributed by atoms with E-state index in [0.717, 1.165) is 31.2 Å². The number of hydrogen-bond donors (Lipinski definition) is 2. The highest BCUT2D eigenvalue weighted by Crippen LogP contribution is 2.16. The van der Waals surface area contributed by atoms with Gasteiger partial charge in [0.1, 0.15) is 0 Å². The van der Waals surface area contributed by atoms with E-state index in [2.05, 4.69) is 12.2 Å². The molecule has 0 fully saturated rings. The van der Waals surface area contributed by atoms with Crippen molar-refractivity contribution in [3.8, 4) is 0 Å². The van der Waals surface area contributed by atoms with Crippen LogP contribution in [0.15, 0.2) is 23.0 Å². The summed E-state index contributed by atoms with van der Waals surface area (Å²) in [5.74, 6) is 0.689. The number of furan rings is 1. The van der Waals surface area contributed by atoms with Crippen molar-refractivity contribution >= 4 is 5.91 Å². The van der Waals surface area contributed by atoms with E-state index in [0.29, 0.717) is 25.4 Å². The molecule has 0 aliphatic rings. The molecule has 1 aromatic rings. The molecule has 3 N–H and O–H groups in total. The van der Waals surface area contributed by atoms with E-state index in [1.807, 2.05) is 6.07 Å². The molecule has 0 bridgehead atoms. The molecular weight excluding hydrogens is 228 g/mol. The predicted octanol–water partition coefficient (Wildman–Crippen LogP) is 2.44. The first kappa shape index (κ1) is 14.8. The minimum absolute atomic E-state index is 0.106. The average molecular weight is 252 g/mol. The smallest absolute Gasteiger partial charge is 0.220 e. The van der Waals surface area contributed by atoms with Gasteiger partial charge in [-0.2, -0.15) is 0 Å². The van der Waals surface area contributed by atoms with Gasteiger partial charge in [-0.3, -0.25) is 4.79 Å². The zero-order valence-corrected chi connectivity index (χ0v) is 11.2. The Hall–Kier alpha value is -1.29. The summed E-state index contributed by atoms with van der Waals surface area (Å²) >= 11 is 0. The number of carbonyl (C=O) groups excluding carboxylic acids is 1. The number of carbonyl (C=O) groups is 1. The Balaban J connectivity index is 2.18. The molecule has 0 saturated heterocycles. The summed E-state index contributed by atoms with van der Waals surface area (Å²) in [6.07, 6.45) is 8.11. The molecule has 1 atom stereocenters. The summed E-state index contributed by atoms with van der Waals surface area (Å²) in [5.41, 5.74) is 6.57. The average Bonchev–Trinajstić information content (AvgIpc) is 2.87. The van der Waals surface area contributed by atoms with Crippen LogP contribution in [0, 0.1) is 5.92 Å². The number of nitrogens with two attached hydrogens (primary N) is 1. The number of nitrogens with one attached hydrogen (secondary N) is 1. The number of amides is 1. The molecule has 0 spiro atoms. The Labute approximate surface area is 109 Å². The third kappa shape index (κ3) is 5.87. The van der Waals surface area contributed by atoms with Crippen LogP contribution >= 0.6 is 0 Å². The van der Waals surface area contributed by atoms with Gasteiger partial charge in [0.05, 0.1) is 12.5 Å². The first-order chi connectivity index (χ1) is 8.76. The molecule has 18 heavy (non-hydrogen) atoms. The van der Waals surface area contributed by atoms with Crippen molar-refractivity contribution in [1.29, 1.82) is 0 Å². The van der Waals surface area contributed by atoms with Crippen LogP contribution in [-0.4, -0.2) is 12.5 Å². The molecule has 1 unspecified atom stereocenters. The second-order valence-electron chi connectivity index (χ2n) is 4.68. The summed E-state index contributed by atoms with van der Waals surface area (Å²) in [6.45, 7) is 3.43. The van der Waals surface area contributed by atoms with Gasteiger partial charge in [0.15, 0.2) is 0 Å². The lowest BCUT2D eigenvalue weighted by atomic mass is 9.94. The fourth-order valence-electron chi connectivity index (χ4n) is 2.09. The molecule has 102 valence electrons. The van der Waals surface area contributed by atoms with Crippen molar-refractivity contribution in [1.82, 2.24) is 5.32 Å². The second kappa shape index (κ2) is 8.75. The van der Waals surface area contributed by atoms with Crippen molar-refractivity contribution in [2.45, 2.75) is 45.6 Å². The Morgan fingerprint density at radius 1 is 1.44 bits per heavy atom. The van der Waals surface area contributed by atoms with Crippen LogP contribution in [0.1, 0.15) is 44.6 Å². The van der Waals surface area contributed by atoms with Gasteiger partial charge in [0.25, 0.3) is 0 Å². The van der Waals surface area contributed by atoms with Crippen molar-refractivity contribution in [2.24, 2.45) is 11.7 Å². The topological polar surface area (TPSA) is 68.3 Å². The van der Waals surface area contributed by atoms with Crippen LogP contribution < -0.4 is 11.1 Å². The molecule has 1 aromatic heterocycles. The van der Waals surface area contributed by atoms with E-state index < -0.39 is 0 Å². The van der Waals surface area contributed by atoms with Gasteiger partial charge < -0.3 is 15.5 Å². The lowest BCUT2D eigenvalue weighted by Crippen LogP contribution is -2.23. The summed E-state index contributed by atoms with van der Waals surface area (Å²) in [7, 11) is 0. The molecular formula is C14H24N2O2. The lowest BCUT2D eigenvalue weighted by Gasteiger charge is -2.14. The Kier molecular flexibility index (Phi) is 7.18. The molecule has 1 amide bonds. The zero-order valence-electron chi connectivity index (χ0n) is 11.2. The van der Waals surface area contributed by atoms with E-state index in [-0.39, 0.29) is 5.91 Å². The predicted molar refractivity (Wildman–Crippen MR) is 71.9 cm³/mol. The van der Waals surface area contributed by atoms with Gasteiger partial charge in [-0.1, -0.05) is 19.8 Å². The van der Waals surface area contributed by atoms with Crippen molar-refractivity contribution in [2.75, 3.05) is 6.54 Å². The summed E-state index contributed by atoms with van der Waals surface area (Å²) in [6, 6.07) is 1.86.